The maximum absolute atomic E-state index is 13.0. The van der Waals surface area contributed by atoms with Crippen molar-refractivity contribution in [3.05, 3.63) is 34.9 Å². The van der Waals surface area contributed by atoms with E-state index in [1.54, 1.807) is 0 Å². The fraction of sp³-hybridized carbons (Fsp3) is 0.600. The Bertz CT molecular complexity index is 643. The molecule has 1 unspecified atom stereocenters. The van der Waals surface area contributed by atoms with E-state index in [9.17, 15) is 9.59 Å². The molecule has 5 nitrogen and oxygen atoms in total. The maximum atomic E-state index is 13.0. The quantitative estimate of drug-likeness (QED) is 0.825. The Morgan fingerprint density at radius 1 is 1.31 bits per heavy atom. The van der Waals surface area contributed by atoms with Gasteiger partial charge in [0.05, 0.1) is 0 Å². The lowest BCUT2D eigenvalue weighted by Gasteiger charge is -2.45. The minimum absolute atomic E-state index is 0.0462. The van der Waals surface area contributed by atoms with Crippen LogP contribution in [-0.2, 0) is 9.59 Å². The third-order valence-corrected chi connectivity index (χ3v) is 5.46. The molecule has 2 rings (SSSR count). The topological polar surface area (TPSA) is 69.6 Å². The predicted octanol–water partition coefficient (Wildman–Crippen LogP) is 2.82. The number of likely N-dealkylation sites (tertiary alicyclic amines) is 1. The summed E-state index contributed by atoms with van der Waals surface area (Å²) in [6.07, 6.45) is 0.860. The standard InChI is InChI=1S/C20H29ClN2O3/c1-13(2)18(22-17(25)11-24)19(26)23-10-9-16(20(3,4)12-23)14-5-7-15(21)8-6-14/h5-8,13,16,18,24H,9-12H2,1-4H3,(H,22,25)/t16?,18-/m1/s1. The first-order valence-electron chi connectivity index (χ1n) is 9.10. The van der Waals surface area contributed by atoms with E-state index in [0.29, 0.717) is 19.0 Å². The van der Waals surface area contributed by atoms with Crippen LogP contribution in [0.4, 0.5) is 0 Å². The largest absolute Gasteiger partial charge is 0.387 e. The third kappa shape index (κ3) is 4.77. The zero-order valence-electron chi connectivity index (χ0n) is 16.0. The van der Waals surface area contributed by atoms with E-state index in [-0.39, 0.29) is 17.2 Å². The first kappa shape index (κ1) is 20.7. The lowest BCUT2D eigenvalue weighted by molar-refractivity contribution is -0.141. The van der Waals surface area contributed by atoms with Crippen LogP contribution in [0.1, 0.15) is 45.6 Å². The molecular formula is C20H29ClN2O3. The maximum Gasteiger partial charge on any atom is 0.246 e. The van der Waals surface area contributed by atoms with Gasteiger partial charge in [-0.3, -0.25) is 9.59 Å². The number of carbonyl (C=O) groups excluding carboxylic acids is 2. The lowest BCUT2D eigenvalue weighted by atomic mass is 9.70. The molecule has 0 spiro atoms. The van der Waals surface area contributed by atoms with Gasteiger partial charge in [-0.15, -0.1) is 0 Å². The number of aliphatic hydroxyl groups excluding tert-OH is 1. The molecule has 1 aliphatic rings. The zero-order chi connectivity index (χ0) is 19.5. The smallest absolute Gasteiger partial charge is 0.246 e. The average Bonchev–Trinajstić information content (AvgIpc) is 2.58. The van der Waals surface area contributed by atoms with Crippen molar-refractivity contribution in [1.29, 1.82) is 0 Å². The molecule has 26 heavy (non-hydrogen) atoms. The number of hydrogen-bond acceptors (Lipinski definition) is 3. The van der Waals surface area contributed by atoms with Crippen LogP contribution in [0.5, 0.6) is 0 Å². The average molecular weight is 381 g/mol. The Morgan fingerprint density at radius 3 is 2.42 bits per heavy atom. The summed E-state index contributed by atoms with van der Waals surface area (Å²) in [6, 6.07) is 7.32. The molecule has 0 aliphatic carbocycles. The van der Waals surface area contributed by atoms with Gasteiger partial charge >= 0.3 is 0 Å². The van der Waals surface area contributed by atoms with Gasteiger partial charge in [-0.25, -0.2) is 0 Å². The van der Waals surface area contributed by atoms with Crippen molar-refractivity contribution in [3.8, 4) is 0 Å². The van der Waals surface area contributed by atoms with Crippen LogP contribution >= 0.6 is 11.6 Å². The molecule has 1 saturated heterocycles. The van der Waals surface area contributed by atoms with Gasteiger partial charge < -0.3 is 15.3 Å². The molecule has 2 N–H and O–H groups in total. The summed E-state index contributed by atoms with van der Waals surface area (Å²) in [5, 5.41) is 12.3. The Balaban J connectivity index is 2.13. The lowest BCUT2D eigenvalue weighted by Crippen LogP contribution is -2.56. The predicted molar refractivity (Wildman–Crippen MR) is 103 cm³/mol. The molecule has 6 heteroatoms. The molecule has 0 radical (unpaired) electrons. The fourth-order valence-electron chi connectivity index (χ4n) is 3.79. The Kier molecular flexibility index (Phi) is 6.69. The number of rotatable bonds is 5. The molecule has 1 aliphatic heterocycles. The van der Waals surface area contributed by atoms with Crippen molar-refractivity contribution in [1.82, 2.24) is 10.2 Å². The van der Waals surface area contributed by atoms with Crippen molar-refractivity contribution in [2.45, 2.75) is 46.1 Å². The summed E-state index contributed by atoms with van der Waals surface area (Å²) in [4.78, 5) is 26.4. The van der Waals surface area contributed by atoms with E-state index in [1.807, 2.05) is 30.9 Å². The number of aliphatic hydroxyl groups is 1. The van der Waals surface area contributed by atoms with Crippen molar-refractivity contribution in [3.63, 3.8) is 0 Å². The molecular weight excluding hydrogens is 352 g/mol. The minimum atomic E-state index is -0.613. The van der Waals surface area contributed by atoms with Crippen LogP contribution in [0, 0.1) is 11.3 Å². The first-order valence-corrected chi connectivity index (χ1v) is 9.48. The van der Waals surface area contributed by atoms with Crippen LogP contribution in [0.25, 0.3) is 0 Å². The Labute approximate surface area is 160 Å². The second-order valence-corrected chi connectivity index (χ2v) is 8.52. The van der Waals surface area contributed by atoms with Crippen LogP contribution in [0.2, 0.25) is 5.02 Å². The number of amides is 2. The zero-order valence-corrected chi connectivity index (χ0v) is 16.7. The van der Waals surface area contributed by atoms with Gasteiger partial charge in [0.25, 0.3) is 0 Å². The normalized spacial score (nSPS) is 20.7. The van der Waals surface area contributed by atoms with Gasteiger partial charge in [0, 0.05) is 18.1 Å². The van der Waals surface area contributed by atoms with Gasteiger partial charge in [0.15, 0.2) is 0 Å². The summed E-state index contributed by atoms with van der Waals surface area (Å²) in [5.41, 5.74) is 1.14. The van der Waals surface area contributed by atoms with Crippen molar-refractivity contribution < 1.29 is 14.7 Å². The third-order valence-electron chi connectivity index (χ3n) is 5.21. The van der Waals surface area contributed by atoms with E-state index in [4.69, 9.17) is 16.7 Å². The molecule has 1 heterocycles. The highest BCUT2D eigenvalue weighted by molar-refractivity contribution is 6.30. The van der Waals surface area contributed by atoms with Crippen molar-refractivity contribution in [2.24, 2.45) is 11.3 Å². The highest BCUT2D eigenvalue weighted by Gasteiger charge is 2.40. The number of nitrogens with zero attached hydrogens (tertiary/aromatic N) is 1. The van der Waals surface area contributed by atoms with Crippen LogP contribution in [0.15, 0.2) is 24.3 Å². The summed E-state index contributed by atoms with van der Waals surface area (Å²) in [7, 11) is 0. The number of nitrogens with one attached hydrogen (secondary N) is 1. The van der Waals surface area contributed by atoms with Gasteiger partial charge in [0.1, 0.15) is 12.6 Å². The molecule has 0 bridgehead atoms. The number of piperidine rings is 1. The summed E-state index contributed by atoms with van der Waals surface area (Å²) < 4.78 is 0. The van der Waals surface area contributed by atoms with E-state index in [2.05, 4.69) is 31.3 Å². The molecule has 2 amide bonds. The van der Waals surface area contributed by atoms with Crippen LogP contribution in [0.3, 0.4) is 0 Å². The van der Waals surface area contributed by atoms with Gasteiger partial charge in [-0.1, -0.05) is 51.4 Å². The highest BCUT2D eigenvalue weighted by Crippen LogP contribution is 2.42. The number of carbonyl (C=O) groups is 2. The molecule has 2 atom stereocenters. The van der Waals surface area contributed by atoms with Crippen molar-refractivity contribution in [2.75, 3.05) is 19.7 Å². The van der Waals surface area contributed by atoms with E-state index in [0.717, 1.165) is 11.4 Å². The van der Waals surface area contributed by atoms with Gasteiger partial charge in [-0.2, -0.15) is 0 Å². The van der Waals surface area contributed by atoms with Crippen LogP contribution in [-0.4, -0.2) is 47.6 Å². The molecule has 1 fully saturated rings. The summed E-state index contributed by atoms with van der Waals surface area (Å²) in [6.45, 7) is 8.79. The summed E-state index contributed by atoms with van der Waals surface area (Å²) in [5.74, 6) is -0.305. The minimum Gasteiger partial charge on any atom is -0.387 e. The monoisotopic (exact) mass is 380 g/mol. The number of hydrogen-bond donors (Lipinski definition) is 2. The van der Waals surface area contributed by atoms with E-state index >= 15 is 0 Å². The molecule has 1 aromatic rings. The van der Waals surface area contributed by atoms with E-state index in [1.165, 1.54) is 5.56 Å². The molecule has 1 aromatic carbocycles. The molecule has 0 aromatic heterocycles. The number of halogens is 1. The van der Waals surface area contributed by atoms with E-state index < -0.39 is 18.6 Å². The Morgan fingerprint density at radius 2 is 1.92 bits per heavy atom. The highest BCUT2D eigenvalue weighted by atomic mass is 35.5. The molecule has 0 saturated carbocycles. The molecule has 144 valence electrons. The summed E-state index contributed by atoms with van der Waals surface area (Å²) >= 11 is 6.00. The first-order chi connectivity index (χ1) is 12.2. The van der Waals surface area contributed by atoms with Crippen molar-refractivity contribution >= 4 is 23.4 Å². The number of benzene rings is 1. The second-order valence-electron chi connectivity index (χ2n) is 8.09. The SMILES string of the molecule is CC(C)[C@@H](NC(=O)CO)C(=O)N1CCC(c2ccc(Cl)cc2)C(C)(C)C1. The second kappa shape index (κ2) is 8.40. The van der Waals surface area contributed by atoms with Gasteiger partial charge in [-0.05, 0) is 41.4 Å². The van der Waals surface area contributed by atoms with Gasteiger partial charge in [0.2, 0.25) is 11.8 Å². The van der Waals surface area contributed by atoms with Crippen LogP contribution < -0.4 is 5.32 Å². The fourth-order valence-corrected chi connectivity index (χ4v) is 3.91. The Hall–Kier alpha value is -1.59.